The second-order valence-electron chi connectivity index (χ2n) is 3.52. The lowest BCUT2D eigenvalue weighted by Gasteiger charge is -1.99. The van der Waals surface area contributed by atoms with Crippen molar-refractivity contribution in [2.24, 2.45) is 5.73 Å². The van der Waals surface area contributed by atoms with E-state index in [2.05, 4.69) is 26.3 Å². The van der Waals surface area contributed by atoms with E-state index in [9.17, 15) is 0 Å². The topological polar surface area (TPSA) is 26.0 Å². The average molecular weight is 182 g/mol. The van der Waals surface area contributed by atoms with Crippen LogP contribution in [0.5, 0.6) is 0 Å². The van der Waals surface area contributed by atoms with Crippen LogP contribution in [0, 0.1) is 6.42 Å². The van der Waals surface area contributed by atoms with Gasteiger partial charge in [0.05, 0.1) is 0 Å². The molecule has 0 aromatic rings. The van der Waals surface area contributed by atoms with Gasteiger partial charge >= 0.3 is 0 Å². The third kappa shape index (κ3) is 9.45. The predicted octanol–water partition coefficient (Wildman–Crippen LogP) is 3.80. The van der Waals surface area contributed by atoms with Crippen molar-refractivity contribution >= 4 is 0 Å². The zero-order chi connectivity index (χ0) is 9.94. The third-order valence-corrected chi connectivity index (χ3v) is 2.13. The summed E-state index contributed by atoms with van der Waals surface area (Å²) in [5, 5.41) is 0. The van der Waals surface area contributed by atoms with Gasteiger partial charge in [0, 0.05) is 12.1 Å². The van der Waals surface area contributed by atoms with Gasteiger partial charge in [0.15, 0.2) is 0 Å². The summed E-state index contributed by atoms with van der Waals surface area (Å²) in [6.07, 6.45) is 13.1. The van der Waals surface area contributed by atoms with Crippen LogP contribution in [-0.4, -0.2) is 0 Å². The summed E-state index contributed by atoms with van der Waals surface area (Å²) >= 11 is 0. The van der Waals surface area contributed by atoms with Gasteiger partial charge in [-0.15, -0.1) is 0 Å². The standard InChI is InChI=1S/C12H24N/c1-3-5-6-7-8-9-11-12(13)10-4-2/h10-11H,3-9,13H2,1-2H3. The Morgan fingerprint density at radius 2 is 1.77 bits per heavy atom. The minimum absolute atomic E-state index is 0.956. The Balaban J connectivity index is 3.18. The van der Waals surface area contributed by atoms with Crippen molar-refractivity contribution in [2.75, 3.05) is 0 Å². The van der Waals surface area contributed by atoms with E-state index >= 15 is 0 Å². The molecule has 0 saturated heterocycles. The monoisotopic (exact) mass is 182 g/mol. The average Bonchev–Trinajstić information content (AvgIpc) is 2.11. The Morgan fingerprint density at radius 1 is 1.08 bits per heavy atom. The second-order valence-corrected chi connectivity index (χ2v) is 3.52. The van der Waals surface area contributed by atoms with Gasteiger partial charge in [0.1, 0.15) is 0 Å². The van der Waals surface area contributed by atoms with Crippen molar-refractivity contribution in [1.82, 2.24) is 0 Å². The first-order valence-electron chi connectivity index (χ1n) is 5.60. The Hall–Kier alpha value is -0.460. The molecule has 0 atom stereocenters. The Kier molecular flexibility index (Phi) is 9.29. The number of rotatable bonds is 8. The molecule has 0 rings (SSSR count). The van der Waals surface area contributed by atoms with Crippen LogP contribution in [0.2, 0.25) is 0 Å². The molecule has 0 aliphatic rings. The number of allylic oxidation sites excluding steroid dienone is 2. The van der Waals surface area contributed by atoms with Crippen LogP contribution in [0.1, 0.15) is 58.8 Å². The van der Waals surface area contributed by atoms with E-state index in [1.165, 1.54) is 32.1 Å². The summed E-state index contributed by atoms with van der Waals surface area (Å²) in [6.45, 7) is 4.36. The van der Waals surface area contributed by atoms with Crippen LogP contribution in [-0.2, 0) is 0 Å². The Bertz CT molecular complexity index is 127. The van der Waals surface area contributed by atoms with E-state index in [1.54, 1.807) is 0 Å². The summed E-state index contributed by atoms with van der Waals surface area (Å²) in [4.78, 5) is 0. The second kappa shape index (κ2) is 9.63. The molecule has 0 spiro atoms. The van der Waals surface area contributed by atoms with Crippen LogP contribution in [0.3, 0.4) is 0 Å². The summed E-state index contributed by atoms with van der Waals surface area (Å²) in [5.74, 6) is 0. The van der Waals surface area contributed by atoms with Crippen molar-refractivity contribution in [1.29, 1.82) is 0 Å². The van der Waals surface area contributed by atoms with Crippen molar-refractivity contribution < 1.29 is 0 Å². The smallest absolute Gasteiger partial charge is 0.00781 e. The first-order valence-corrected chi connectivity index (χ1v) is 5.60. The van der Waals surface area contributed by atoms with Gasteiger partial charge in [-0.25, -0.2) is 0 Å². The van der Waals surface area contributed by atoms with E-state index in [1.807, 2.05) is 0 Å². The maximum atomic E-state index is 5.73. The zero-order valence-electron chi connectivity index (χ0n) is 9.18. The van der Waals surface area contributed by atoms with Crippen LogP contribution in [0.4, 0.5) is 0 Å². The Morgan fingerprint density at radius 3 is 2.38 bits per heavy atom. The molecule has 0 aromatic heterocycles. The molecule has 77 valence electrons. The van der Waals surface area contributed by atoms with E-state index in [0.29, 0.717) is 0 Å². The fourth-order valence-corrected chi connectivity index (χ4v) is 1.34. The molecule has 1 nitrogen and oxygen atoms in total. The molecule has 0 amide bonds. The molecule has 0 aliphatic heterocycles. The largest absolute Gasteiger partial charge is 0.402 e. The van der Waals surface area contributed by atoms with Crippen LogP contribution >= 0.6 is 0 Å². The summed E-state index contributed by atoms with van der Waals surface area (Å²) in [5.41, 5.74) is 6.69. The minimum Gasteiger partial charge on any atom is -0.402 e. The van der Waals surface area contributed by atoms with E-state index < -0.39 is 0 Å². The van der Waals surface area contributed by atoms with Crippen molar-refractivity contribution in [3.63, 3.8) is 0 Å². The molecule has 2 N–H and O–H groups in total. The number of nitrogens with two attached hydrogens (primary N) is 1. The minimum atomic E-state index is 0.956. The fourth-order valence-electron chi connectivity index (χ4n) is 1.34. The van der Waals surface area contributed by atoms with Crippen molar-refractivity contribution in [3.05, 3.63) is 18.2 Å². The molecule has 0 aromatic carbocycles. The highest BCUT2D eigenvalue weighted by molar-refractivity contribution is 5.07. The number of hydrogen-bond acceptors (Lipinski definition) is 1. The number of unbranched alkanes of at least 4 members (excludes halogenated alkanes) is 5. The van der Waals surface area contributed by atoms with Gasteiger partial charge in [0.25, 0.3) is 0 Å². The van der Waals surface area contributed by atoms with Gasteiger partial charge in [-0.2, -0.15) is 0 Å². The molecular formula is C12H24N. The predicted molar refractivity (Wildman–Crippen MR) is 60.2 cm³/mol. The lowest BCUT2D eigenvalue weighted by molar-refractivity contribution is 0.636. The van der Waals surface area contributed by atoms with E-state index in [0.717, 1.165) is 18.5 Å². The Labute approximate surface area is 83.4 Å². The van der Waals surface area contributed by atoms with Gasteiger partial charge < -0.3 is 5.73 Å². The highest BCUT2D eigenvalue weighted by atomic mass is 14.6. The molecule has 13 heavy (non-hydrogen) atoms. The van der Waals surface area contributed by atoms with Crippen LogP contribution in [0.15, 0.2) is 11.8 Å². The molecule has 1 heteroatoms. The fraction of sp³-hybridized carbons (Fsp3) is 0.750. The maximum Gasteiger partial charge on any atom is 0.00781 e. The van der Waals surface area contributed by atoms with Gasteiger partial charge in [-0.1, -0.05) is 45.6 Å². The lowest BCUT2D eigenvalue weighted by atomic mass is 10.1. The number of hydrogen-bond donors (Lipinski definition) is 1. The highest BCUT2D eigenvalue weighted by Crippen LogP contribution is 2.06. The van der Waals surface area contributed by atoms with Crippen LogP contribution in [0.25, 0.3) is 0 Å². The van der Waals surface area contributed by atoms with E-state index in [4.69, 9.17) is 5.73 Å². The zero-order valence-corrected chi connectivity index (χ0v) is 9.18. The molecule has 0 unspecified atom stereocenters. The third-order valence-electron chi connectivity index (χ3n) is 2.13. The molecule has 0 aliphatic carbocycles. The molecule has 0 bridgehead atoms. The summed E-state index contributed by atoms with van der Waals surface area (Å²) in [6, 6.07) is 0. The van der Waals surface area contributed by atoms with Crippen molar-refractivity contribution in [2.45, 2.75) is 58.8 Å². The first kappa shape index (κ1) is 12.5. The van der Waals surface area contributed by atoms with Gasteiger partial charge in [-0.3, -0.25) is 0 Å². The molecular weight excluding hydrogens is 158 g/mol. The summed E-state index contributed by atoms with van der Waals surface area (Å²) < 4.78 is 0. The molecule has 0 saturated carbocycles. The quantitative estimate of drug-likeness (QED) is 0.568. The first-order chi connectivity index (χ1) is 6.31. The lowest BCUT2D eigenvalue weighted by Crippen LogP contribution is -1.96. The molecule has 0 heterocycles. The molecule has 0 fully saturated rings. The van der Waals surface area contributed by atoms with E-state index in [-0.39, 0.29) is 0 Å². The molecule has 1 radical (unpaired) electrons. The van der Waals surface area contributed by atoms with Crippen LogP contribution < -0.4 is 5.73 Å². The highest BCUT2D eigenvalue weighted by Gasteiger charge is 1.89. The van der Waals surface area contributed by atoms with Gasteiger partial charge in [0.2, 0.25) is 0 Å². The summed E-state index contributed by atoms with van der Waals surface area (Å²) in [7, 11) is 0. The normalized spacial score (nSPS) is 12.0. The maximum absolute atomic E-state index is 5.73. The van der Waals surface area contributed by atoms with Gasteiger partial charge in [-0.05, 0) is 19.3 Å². The SMILES string of the molecule is CC[CH]C(N)=CCCCCCCC. The van der Waals surface area contributed by atoms with Crippen molar-refractivity contribution in [3.8, 4) is 0 Å².